The van der Waals surface area contributed by atoms with Gasteiger partial charge in [-0.05, 0) is 26.5 Å². The van der Waals surface area contributed by atoms with Gasteiger partial charge in [0.15, 0.2) is 0 Å². The molecule has 0 heterocycles. The van der Waals surface area contributed by atoms with Crippen molar-refractivity contribution < 1.29 is 9.47 Å². The summed E-state index contributed by atoms with van der Waals surface area (Å²) >= 11 is 6.15. The lowest BCUT2D eigenvalue weighted by Crippen LogP contribution is -2.13. The maximum atomic E-state index is 6.15. The third-order valence-corrected chi connectivity index (χ3v) is 2.58. The van der Waals surface area contributed by atoms with Crippen LogP contribution in [-0.2, 0) is 6.54 Å². The van der Waals surface area contributed by atoms with Crippen molar-refractivity contribution in [3.8, 4) is 11.5 Å². The van der Waals surface area contributed by atoms with E-state index in [2.05, 4.69) is 12.2 Å². The average molecular weight is 258 g/mol. The molecule has 1 aromatic carbocycles. The Morgan fingerprint density at radius 3 is 2.29 bits per heavy atom. The summed E-state index contributed by atoms with van der Waals surface area (Å²) in [6.07, 6.45) is 0. The standard InChI is InChI=1S/C13H20ClNO2/c1-4-15-9-10-7-11(14)13(17-6-3)8-12(10)16-5-2/h7-8,15H,4-6,9H2,1-3H3. The Labute approximate surface area is 108 Å². The van der Waals surface area contributed by atoms with Gasteiger partial charge in [-0.2, -0.15) is 0 Å². The van der Waals surface area contributed by atoms with Crippen LogP contribution in [0.4, 0.5) is 0 Å². The molecule has 0 unspecified atom stereocenters. The molecule has 1 N–H and O–H groups in total. The van der Waals surface area contributed by atoms with Crippen LogP contribution in [0.3, 0.4) is 0 Å². The third kappa shape index (κ3) is 4.10. The summed E-state index contributed by atoms with van der Waals surface area (Å²) < 4.78 is 11.0. The molecule has 0 aromatic heterocycles. The van der Waals surface area contributed by atoms with Crippen LogP contribution >= 0.6 is 11.6 Å². The molecule has 3 nitrogen and oxygen atoms in total. The number of nitrogens with one attached hydrogen (secondary N) is 1. The van der Waals surface area contributed by atoms with Crippen LogP contribution < -0.4 is 14.8 Å². The molecule has 17 heavy (non-hydrogen) atoms. The molecule has 0 radical (unpaired) electrons. The van der Waals surface area contributed by atoms with Gasteiger partial charge in [-0.1, -0.05) is 18.5 Å². The SMILES string of the molecule is CCNCc1cc(Cl)c(OCC)cc1OCC. The van der Waals surface area contributed by atoms with Crippen molar-refractivity contribution in [1.29, 1.82) is 0 Å². The maximum absolute atomic E-state index is 6.15. The van der Waals surface area contributed by atoms with E-state index in [1.54, 1.807) is 0 Å². The predicted molar refractivity (Wildman–Crippen MR) is 71.2 cm³/mol. The van der Waals surface area contributed by atoms with Gasteiger partial charge in [-0.15, -0.1) is 0 Å². The van der Waals surface area contributed by atoms with E-state index in [1.165, 1.54) is 0 Å². The molecule has 0 atom stereocenters. The van der Waals surface area contributed by atoms with Crippen LogP contribution in [0.25, 0.3) is 0 Å². The van der Waals surface area contributed by atoms with Crippen molar-refractivity contribution in [2.75, 3.05) is 19.8 Å². The molecular weight excluding hydrogens is 238 g/mol. The number of ether oxygens (including phenoxy) is 2. The topological polar surface area (TPSA) is 30.5 Å². The molecule has 4 heteroatoms. The summed E-state index contributed by atoms with van der Waals surface area (Å²) in [4.78, 5) is 0. The number of hydrogen-bond donors (Lipinski definition) is 1. The smallest absolute Gasteiger partial charge is 0.141 e. The fraction of sp³-hybridized carbons (Fsp3) is 0.538. The number of halogens is 1. The van der Waals surface area contributed by atoms with Gasteiger partial charge >= 0.3 is 0 Å². The van der Waals surface area contributed by atoms with E-state index in [0.717, 1.165) is 24.4 Å². The van der Waals surface area contributed by atoms with Gasteiger partial charge < -0.3 is 14.8 Å². The van der Waals surface area contributed by atoms with Gasteiger partial charge in [0.2, 0.25) is 0 Å². The Morgan fingerprint density at radius 2 is 1.71 bits per heavy atom. The molecule has 0 spiro atoms. The Morgan fingerprint density at radius 1 is 1.06 bits per heavy atom. The minimum Gasteiger partial charge on any atom is -0.493 e. The molecule has 0 saturated heterocycles. The second-order valence-corrected chi connectivity index (χ2v) is 3.94. The lowest BCUT2D eigenvalue weighted by Gasteiger charge is -2.14. The van der Waals surface area contributed by atoms with Crippen LogP contribution in [0.2, 0.25) is 5.02 Å². The van der Waals surface area contributed by atoms with E-state index in [-0.39, 0.29) is 0 Å². The summed E-state index contributed by atoms with van der Waals surface area (Å²) in [7, 11) is 0. The quantitative estimate of drug-likeness (QED) is 0.813. The first-order chi connectivity index (χ1) is 8.22. The zero-order valence-corrected chi connectivity index (χ0v) is 11.4. The molecule has 1 aromatic rings. The highest BCUT2D eigenvalue weighted by Gasteiger charge is 2.10. The van der Waals surface area contributed by atoms with Crippen LogP contribution in [0.1, 0.15) is 26.3 Å². The lowest BCUT2D eigenvalue weighted by molar-refractivity contribution is 0.320. The van der Waals surface area contributed by atoms with E-state index in [0.29, 0.717) is 24.0 Å². The molecule has 0 aliphatic rings. The highest BCUT2D eigenvalue weighted by molar-refractivity contribution is 6.32. The van der Waals surface area contributed by atoms with E-state index in [4.69, 9.17) is 21.1 Å². The van der Waals surface area contributed by atoms with Crippen molar-refractivity contribution in [3.63, 3.8) is 0 Å². The second kappa shape index (κ2) is 7.41. The average Bonchev–Trinajstić information content (AvgIpc) is 2.32. The van der Waals surface area contributed by atoms with E-state index in [1.807, 2.05) is 26.0 Å². The fourth-order valence-electron chi connectivity index (χ4n) is 1.53. The van der Waals surface area contributed by atoms with Crippen molar-refractivity contribution in [2.45, 2.75) is 27.3 Å². The van der Waals surface area contributed by atoms with E-state index >= 15 is 0 Å². The first kappa shape index (κ1) is 14.1. The first-order valence-corrected chi connectivity index (χ1v) is 6.39. The lowest BCUT2D eigenvalue weighted by atomic mass is 10.2. The fourth-order valence-corrected chi connectivity index (χ4v) is 1.77. The van der Waals surface area contributed by atoms with Crippen molar-refractivity contribution in [1.82, 2.24) is 5.32 Å². The maximum Gasteiger partial charge on any atom is 0.141 e. The third-order valence-electron chi connectivity index (χ3n) is 2.28. The van der Waals surface area contributed by atoms with Crippen molar-refractivity contribution in [2.24, 2.45) is 0 Å². The molecule has 0 aliphatic carbocycles. The monoisotopic (exact) mass is 257 g/mol. The largest absolute Gasteiger partial charge is 0.493 e. The Kier molecular flexibility index (Phi) is 6.16. The normalized spacial score (nSPS) is 10.4. The minimum atomic E-state index is 0.595. The highest BCUT2D eigenvalue weighted by atomic mass is 35.5. The Hall–Kier alpha value is -0.930. The Bertz CT molecular complexity index is 356. The van der Waals surface area contributed by atoms with Crippen LogP contribution in [0, 0.1) is 0 Å². The van der Waals surface area contributed by atoms with Gasteiger partial charge in [0.05, 0.1) is 18.2 Å². The molecule has 96 valence electrons. The summed E-state index contributed by atoms with van der Waals surface area (Å²) in [6, 6.07) is 3.77. The van der Waals surface area contributed by atoms with E-state index in [9.17, 15) is 0 Å². The summed E-state index contributed by atoms with van der Waals surface area (Å²) in [5.74, 6) is 1.51. The van der Waals surface area contributed by atoms with Crippen LogP contribution in [0.15, 0.2) is 12.1 Å². The van der Waals surface area contributed by atoms with Crippen LogP contribution in [-0.4, -0.2) is 19.8 Å². The number of benzene rings is 1. The summed E-state index contributed by atoms with van der Waals surface area (Å²) in [5, 5.41) is 3.89. The zero-order valence-electron chi connectivity index (χ0n) is 10.7. The molecule has 0 fully saturated rings. The summed E-state index contributed by atoms with van der Waals surface area (Å²) in [5.41, 5.74) is 1.06. The van der Waals surface area contributed by atoms with Gasteiger partial charge in [-0.25, -0.2) is 0 Å². The minimum absolute atomic E-state index is 0.595. The second-order valence-electron chi connectivity index (χ2n) is 3.54. The highest BCUT2D eigenvalue weighted by Crippen LogP contribution is 2.32. The predicted octanol–water partition coefficient (Wildman–Crippen LogP) is 3.25. The van der Waals surface area contributed by atoms with E-state index < -0.39 is 0 Å². The Balaban J connectivity index is 2.97. The van der Waals surface area contributed by atoms with Gasteiger partial charge in [0.25, 0.3) is 0 Å². The number of rotatable bonds is 7. The molecule has 0 bridgehead atoms. The first-order valence-electron chi connectivity index (χ1n) is 6.01. The van der Waals surface area contributed by atoms with Gasteiger partial charge in [-0.3, -0.25) is 0 Å². The molecule has 0 aliphatic heterocycles. The van der Waals surface area contributed by atoms with Crippen molar-refractivity contribution >= 4 is 11.6 Å². The molecular formula is C13H20ClNO2. The zero-order chi connectivity index (χ0) is 12.7. The summed E-state index contributed by atoms with van der Waals surface area (Å²) in [6.45, 7) is 8.85. The molecule has 0 amide bonds. The van der Waals surface area contributed by atoms with Crippen molar-refractivity contribution in [3.05, 3.63) is 22.7 Å². The molecule has 0 saturated carbocycles. The molecule has 1 rings (SSSR count). The van der Waals surface area contributed by atoms with Crippen LogP contribution in [0.5, 0.6) is 11.5 Å². The number of hydrogen-bond acceptors (Lipinski definition) is 3. The van der Waals surface area contributed by atoms with Gasteiger partial charge in [0.1, 0.15) is 11.5 Å². The van der Waals surface area contributed by atoms with Gasteiger partial charge in [0, 0.05) is 18.2 Å².